The Labute approximate surface area is 100 Å². The summed E-state index contributed by atoms with van der Waals surface area (Å²) in [6, 6.07) is 7.98. The first-order chi connectivity index (χ1) is 8.16. The molecule has 0 aliphatic heterocycles. The Morgan fingerprint density at radius 3 is 2.76 bits per heavy atom. The molecule has 5 nitrogen and oxygen atoms in total. The van der Waals surface area contributed by atoms with E-state index in [9.17, 15) is 0 Å². The van der Waals surface area contributed by atoms with Gasteiger partial charge in [0.15, 0.2) is 5.82 Å². The molecule has 0 fully saturated rings. The van der Waals surface area contributed by atoms with Gasteiger partial charge < -0.3 is 10.5 Å². The van der Waals surface area contributed by atoms with Crippen LogP contribution in [0, 0.1) is 0 Å². The topological polar surface area (TPSA) is 76.8 Å². The number of hydrogen-bond acceptors (Lipinski definition) is 4. The zero-order valence-electron chi connectivity index (χ0n) is 9.97. The summed E-state index contributed by atoms with van der Waals surface area (Å²) in [5.74, 6) is 2.16. The fourth-order valence-electron chi connectivity index (χ4n) is 1.61. The minimum atomic E-state index is 0.237. The normalized spacial score (nSPS) is 10.8. The molecule has 0 amide bonds. The van der Waals surface area contributed by atoms with E-state index in [1.54, 1.807) is 0 Å². The fourth-order valence-corrected chi connectivity index (χ4v) is 1.61. The van der Waals surface area contributed by atoms with E-state index in [1.165, 1.54) is 5.56 Å². The Kier molecular flexibility index (Phi) is 3.27. The van der Waals surface area contributed by atoms with Gasteiger partial charge in [0.2, 0.25) is 5.95 Å². The van der Waals surface area contributed by atoms with E-state index in [0.717, 1.165) is 5.75 Å². The van der Waals surface area contributed by atoms with Crippen molar-refractivity contribution in [3.63, 3.8) is 0 Å². The smallest absolute Gasteiger partial charge is 0.239 e. The Hall–Kier alpha value is -2.04. The molecule has 0 bridgehead atoms. The number of anilines is 1. The van der Waals surface area contributed by atoms with Crippen LogP contribution in [0.25, 0.3) is 0 Å². The van der Waals surface area contributed by atoms with E-state index >= 15 is 0 Å². The first-order valence-electron chi connectivity index (χ1n) is 5.55. The standard InChI is InChI=1S/C12H16N4O/c1-8(2)9-5-3-4-6-10(9)17-7-11-14-12(13)16-15-11/h3-6,8H,7H2,1-2H3,(H3,13,14,15,16). The van der Waals surface area contributed by atoms with Gasteiger partial charge >= 0.3 is 0 Å². The highest BCUT2D eigenvalue weighted by atomic mass is 16.5. The van der Waals surface area contributed by atoms with Crippen molar-refractivity contribution in [2.24, 2.45) is 0 Å². The quantitative estimate of drug-likeness (QED) is 0.846. The van der Waals surface area contributed by atoms with Crippen LogP contribution in [0.2, 0.25) is 0 Å². The summed E-state index contributed by atoms with van der Waals surface area (Å²) in [6.45, 7) is 4.61. The van der Waals surface area contributed by atoms with Crippen molar-refractivity contribution in [3.05, 3.63) is 35.7 Å². The van der Waals surface area contributed by atoms with Crippen LogP contribution in [0.15, 0.2) is 24.3 Å². The lowest BCUT2D eigenvalue weighted by atomic mass is 10.0. The van der Waals surface area contributed by atoms with Crippen LogP contribution in [0.3, 0.4) is 0 Å². The average molecular weight is 232 g/mol. The lowest BCUT2D eigenvalue weighted by molar-refractivity contribution is 0.292. The molecule has 2 rings (SSSR count). The summed E-state index contributed by atoms with van der Waals surface area (Å²) in [7, 11) is 0. The van der Waals surface area contributed by atoms with Gasteiger partial charge in [-0.15, -0.1) is 5.10 Å². The number of hydrogen-bond donors (Lipinski definition) is 2. The molecule has 1 aromatic heterocycles. The maximum Gasteiger partial charge on any atom is 0.239 e. The van der Waals surface area contributed by atoms with E-state index in [4.69, 9.17) is 10.5 Å². The lowest BCUT2D eigenvalue weighted by Gasteiger charge is -2.12. The van der Waals surface area contributed by atoms with Gasteiger partial charge in [-0.3, -0.25) is 5.10 Å². The second-order valence-corrected chi connectivity index (χ2v) is 4.12. The summed E-state index contributed by atoms with van der Waals surface area (Å²) in [5.41, 5.74) is 6.60. The van der Waals surface area contributed by atoms with Crippen molar-refractivity contribution in [3.8, 4) is 5.75 Å². The molecular formula is C12H16N4O. The summed E-state index contributed by atoms with van der Waals surface area (Å²) in [6.07, 6.45) is 0. The van der Waals surface area contributed by atoms with Crippen molar-refractivity contribution in [2.45, 2.75) is 26.4 Å². The van der Waals surface area contributed by atoms with Gasteiger partial charge in [0.1, 0.15) is 12.4 Å². The van der Waals surface area contributed by atoms with E-state index in [0.29, 0.717) is 18.3 Å². The molecule has 0 saturated carbocycles. The molecule has 17 heavy (non-hydrogen) atoms. The third-order valence-corrected chi connectivity index (χ3v) is 2.45. The van der Waals surface area contributed by atoms with Crippen LogP contribution in [-0.2, 0) is 6.61 Å². The largest absolute Gasteiger partial charge is 0.485 e. The second kappa shape index (κ2) is 4.86. The number of H-pyrrole nitrogens is 1. The van der Waals surface area contributed by atoms with Crippen molar-refractivity contribution in [1.82, 2.24) is 15.2 Å². The first-order valence-corrected chi connectivity index (χ1v) is 5.55. The van der Waals surface area contributed by atoms with Crippen LogP contribution in [-0.4, -0.2) is 15.2 Å². The van der Waals surface area contributed by atoms with Gasteiger partial charge in [-0.2, -0.15) is 4.98 Å². The number of aromatic nitrogens is 3. The number of rotatable bonds is 4. The molecule has 0 aliphatic rings. The Balaban J connectivity index is 2.08. The van der Waals surface area contributed by atoms with Gasteiger partial charge in [-0.05, 0) is 17.5 Å². The third-order valence-electron chi connectivity index (χ3n) is 2.45. The van der Waals surface area contributed by atoms with Crippen LogP contribution < -0.4 is 10.5 Å². The van der Waals surface area contributed by atoms with Crippen LogP contribution >= 0.6 is 0 Å². The minimum Gasteiger partial charge on any atom is -0.485 e. The predicted molar refractivity (Wildman–Crippen MR) is 65.7 cm³/mol. The average Bonchev–Trinajstić information content (AvgIpc) is 2.73. The van der Waals surface area contributed by atoms with E-state index in [1.807, 2.05) is 18.2 Å². The summed E-state index contributed by atoms with van der Waals surface area (Å²) in [4.78, 5) is 3.99. The number of nitrogen functional groups attached to an aromatic ring is 1. The van der Waals surface area contributed by atoms with Gasteiger partial charge in [0.25, 0.3) is 0 Å². The lowest BCUT2D eigenvalue weighted by Crippen LogP contribution is -2.01. The number of nitrogens with zero attached hydrogens (tertiary/aromatic N) is 2. The van der Waals surface area contributed by atoms with Crippen LogP contribution in [0.1, 0.15) is 31.2 Å². The number of aromatic amines is 1. The van der Waals surface area contributed by atoms with Crippen LogP contribution in [0.4, 0.5) is 5.95 Å². The molecular weight excluding hydrogens is 216 g/mol. The molecule has 0 saturated heterocycles. The Morgan fingerprint density at radius 2 is 2.12 bits per heavy atom. The number of nitrogens with one attached hydrogen (secondary N) is 1. The third kappa shape index (κ3) is 2.75. The molecule has 3 N–H and O–H groups in total. The second-order valence-electron chi connectivity index (χ2n) is 4.12. The maximum atomic E-state index is 5.71. The molecule has 5 heteroatoms. The van der Waals surface area contributed by atoms with Crippen LogP contribution in [0.5, 0.6) is 5.75 Å². The van der Waals surface area contributed by atoms with Gasteiger partial charge in [0.05, 0.1) is 0 Å². The molecule has 90 valence electrons. The molecule has 2 aromatic rings. The minimum absolute atomic E-state index is 0.237. The SMILES string of the molecule is CC(C)c1ccccc1OCc1nc(N)n[nH]1. The Morgan fingerprint density at radius 1 is 1.35 bits per heavy atom. The number of ether oxygens (including phenoxy) is 1. The van der Waals surface area contributed by atoms with Crippen molar-refractivity contribution < 1.29 is 4.74 Å². The van der Waals surface area contributed by atoms with Gasteiger partial charge in [-0.1, -0.05) is 32.0 Å². The molecule has 1 heterocycles. The molecule has 0 spiro atoms. The number of benzene rings is 1. The summed E-state index contributed by atoms with van der Waals surface area (Å²) >= 11 is 0. The summed E-state index contributed by atoms with van der Waals surface area (Å²) in [5, 5.41) is 6.46. The zero-order chi connectivity index (χ0) is 12.3. The zero-order valence-corrected chi connectivity index (χ0v) is 9.97. The fraction of sp³-hybridized carbons (Fsp3) is 0.333. The van der Waals surface area contributed by atoms with Crippen molar-refractivity contribution in [2.75, 3.05) is 5.73 Å². The van der Waals surface area contributed by atoms with E-state index in [-0.39, 0.29) is 5.95 Å². The monoisotopic (exact) mass is 232 g/mol. The molecule has 0 radical (unpaired) electrons. The summed E-state index contributed by atoms with van der Waals surface area (Å²) < 4.78 is 5.71. The van der Waals surface area contributed by atoms with Gasteiger partial charge in [0, 0.05) is 0 Å². The highest BCUT2D eigenvalue weighted by Gasteiger charge is 2.08. The van der Waals surface area contributed by atoms with Gasteiger partial charge in [-0.25, -0.2) is 0 Å². The molecule has 0 aliphatic carbocycles. The van der Waals surface area contributed by atoms with E-state index in [2.05, 4.69) is 35.1 Å². The number of para-hydroxylation sites is 1. The maximum absolute atomic E-state index is 5.71. The highest BCUT2D eigenvalue weighted by molar-refractivity contribution is 5.35. The van der Waals surface area contributed by atoms with E-state index < -0.39 is 0 Å². The molecule has 0 unspecified atom stereocenters. The Bertz CT molecular complexity index is 493. The first kappa shape index (κ1) is 11.4. The molecule has 1 aromatic carbocycles. The predicted octanol–water partition coefficient (Wildman–Crippen LogP) is 2.09. The number of nitrogens with two attached hydrogens (primary N) is 1. The van der Waals surface area contributed by atoms with Crippen molar-refractivity contribution in [1.29, 1.82) is 0 Å². The highest BCUT2D eigenvalue weighted by Crippen LogP contribution is 2.26. The molecule has 0 atom stereocenters. The van der Waals surface area contributed by atoms with Crippen molar-refractivity contribution >= 4 is 5.95 Å².